The predicted octanol–water partition coefficient (Wildman–Crippen LogP) is 5.83. The highest BCUT2D eigenvalue weighted by molar-refractivity contribution is 6.42. The smallest absolute Gasteiger partial charge is 0.244 e. The van der Waals surface area contributed by atoms with Gasteiger partial charge in [0, 0.05) is 29.2 Å². The summed E-state index contributed by atoms with van der Waals surface area (Å²) in [5.41, 5.74) is 6.17. The van der Waals surface area contributed by atoms with Crippen LogP contribution in [0.1, 0.15) is 16.7 Å². The minimum absolute atomic E-state index is 0.122. The second-order valence-electron chi connectivity index (χ2n) is 7.07. The highest BCUT2D eigenvalue weighted by atomic mass is 35.5. The van der Waals surface area contributed by atoms with Crippen molar-refractivity contribution < 1.29 is 9.18 Å². The van der Waals surface area contributed by atoms with Crippen LogP contribution in [0.3, 0.4) is 0 Å². The van der Waals surface area contributed by atoms with E-state index in [0.717, 1.165) is 22.0 Å². The third-order valence-corrected chi connectivity index (χ3v) is 5.57. The molecule has 0 atom stereocenters. The van der Waals surface area contributed by atoms with Gasteiger partial charge in [-0.25, -0.2) is 9.82 Å². The quantitative estimate of drug-likeness (QED) is 0.289. The van der Waals surface area contributed by atoms with E-state index in [1.807, 2.05) is 42.6 Å². The first-order valence-electron chi connectivity index (χ1n) is 9.58. The summed E-state index contributed by atoms with van der Waals surface area (Å²) in [4.78, 5) is 12.1. The van der Waals surface area contributed by atoms with Crippen molar-refractivity contribution in [2.24, 2.45) is 5.10 Å². The minimum Gasteiger partial charge on any atom is -0.342 e. The van der Waals surface area contributed by atoms with E-state index in [1.54, 1.807) is 24.4 Å². The number of rotatable bonds is 6. The molecule has 0 aliphatic heterocycles. The van der Waals surface area contributed by atoms with E-state index in [-0.39, 0.29) is 18.1 Å². The van der Waals surface area contributed by atoms with E-state index in [2.05, 4.69) is 15.1 Å². The number of carbonyl (C=O) groups is 1. The molecule has 1 heterocycles. The lowest BCUT2D eigenvalue weighted by Gasteiger charge is -2.06. The fraction of sp³-hybridized carbons (Fsp3) is 0.0833. The molecule has 7 heteroatoms. The number of benzene rings is 3. The molecule has 0 saturated heterocycles. The number of fused-ring (bicyclic) bond motifs is 1. The van der Waals surface area contributed by atoms with Crippen LogP contribution in [-0.4, -0.2) is 16.7 Å². The van der Waals surface area contributed by atoms with E-state index in [1.165, 1.54) is 12.1 Å². The Morgan fingerprint density at radius 3 is 2.52 bits per heavy atom. The molecule has 0 fully saturated rings. The maximum absolute atomic E-state index is 13.0. The van der Waals surface area contributed by atoms with Gasteiger partial charge in [-0.2, -0.15) is 5.10 Å². The minimum atomic E-state index is -0.334. The number of halogens is 3. The van der Waals surface area contributed by atoms with E-state index in [9.17, 15) is 9.18 Å². The van der Waals surface area contributed by atoms with Gasteiger partial charge in [0.2, 0.25) is 5.91 Å². The number of para-hydroxylation sites is 1. The normalized spacial score (nSPS) is 11.3. The van der Waals surface area contributed by atoms with Gasteiger partial charge in [-0.05, 0) is 41.5 Å². The predicted molar refractivity (Wildman–Crippen MR) is 123 cm³/mol. The molecule has 4 aromatic rings. The van der Waals surface area contributed by atoms with Crippen molar-refractivity contribution in [1.82, 2.24) is 9.99 Å². The number of nitrogens with zero attached hydrogens (tertiary/aromatic N) is 2. The third-order valence-electron chi connectivity index (χ3n) is 4.83. The van der Waals surface area contributed by atoms with Gasteiger partial charge in [-0.3, -0.25) is 4.79 Å². The van der Waals surface area contributed by atoms with E-state index in [0.29, 0.717) is 22.2 Å². The molecule has 0 unspecified atom stereocenters. The number of hydrazone groups is 1. The fourth-order valence-corrected chi connectivity index (χ4v) is 3.67. The molecule has 0 spiro atoms. The van der Waals surface area contributed by atoms with Crippen LogP contribution >= 0.6 is 23.2 Å². The number of aromatic nitrogens is 1. The molecule has 1 amide bonds. The van der Waals surface area contributed by atoms with Crippen molar-refractivity contribution >= 4 is 46.2 Å². The van der Waals surface area contributed by atoms with Crippen LogP contribution in [0, 0.1) is 5.82 Å². The number of carbonyl (C=O) groups excluding carboxylic acids is 1. The van der Waals surface area contributed by atoms with Gasteiger partial charge in [0.1, 0.15) is 5.82 Å². The summed E-state index contributed by atoms with van der Waals surface area (Å²) in [5.74, 6) is -0.609. The summed E-state index contributed by atoms with van der Waals surface area (Å²) in [5, 5.41) is 6.15. The molecular weight excluding hydrogens is 436 g/mol. The molecule has 0 bridgehead atoms. The molecule has 156 valence electrons. The third kappa shape index (κ3) is 5.13. The molecular formula is C24H18Cl2FN3O. The van der Waals surface area contributed by atoms with E-state index < -0.39 is 0 Å². The molecule has 3 aromatic carbocycles. The van der Waals surface area contributed by atoms with Crippen molar-refractivity contribution in [3.05, 3.63) is 105 Å². The van der Waals surface area contributed by atoms with Crippen LogP contribution in [0.5, 0.6) is 0 Å². The Morgan fingerprint density at radius 1 is 1.00 bits per heavy atom. The Morgan fingerprint density at radius 2 is 1.74 bits per heavy atom. The summed E-state index contributed by atoms with van der Waals surface area (Å²) in [6, 6.07) is 19.3. The molecule has 1 N–H and O–H groups in total. The summed E-state index contributed by atoms with van der Waals surface area (Å²) in [6.07, 6.45) is 3.72. The second-order valence-corrected chi connectivity index (χ2v) is 7.89. The van der Waals surface area contributed by atoms with E-state index >= 15 is 0 Å². The van der Waals surface area contributed by atoms with Crippen LogP contribution in [-0.2, 0) is 17.8 Å². The first kappa shape index (κ1) is 21.1. The average Bonchev–Trinajstić information content (AvgIpc) is 3.10. The first-order chi connectivity index (χ1) is 15.0. The Hall–Kier alpha value is -3.15. The van der Waals surface area contributed by atoms with Gasteiger partial charge in [0.05, 0.1) is 22.7 Å². The zero-order chi connectivity index (χ0) is 21.8. The molecule has 31 heavy (non-hydrogen) atoms. The summed E-state index contributed by atoms with van der Waals surface area (Å²) < 4.78 is 15.1. The molecule has 0 aliphatic rings. The highest BCUT2D eigenvalue weighted by Gasteiger charge is 2.09. The molecule has 4 nitrogen and oxygen atoms in total. The van der Waals surface area contributed by atoms with Crippen LogP contribution in [0.4, 0.5) is 4.39 Å². The van der Waals surface area contributed by atoms with Crippen molar-refractivity contribution in [2.75, 3.05) is 0 Å². The van der Waals surface area contributed by atoms with Gasteiger partial charge >= 0.3 is 0 Å². The lowest BCUT2D eigenvalue weighted by atomic mass is 10.1. The summed E-state index contributed by atoms with van der Waals surface area (Å²) in [7, 11) is 0. The molecule has 0 aliphatic carbocycles. The van der Waals surface area contributed by atoms with Crippen molar-refractivity contribution in [2.45, 2.75) is 13.0 Å². The molecule has 4 rings (SSSR count). The Kier molecular flexibility index (Phi) is 6.35. The number of nitrogens with one attached hydrogen (secondary N) is 1. The van der Waals surface area contributed by atoms with Crippen LogP contribution < -0.4 is 5.43 Å². The lowest BCUT2D eigenvalue weighted by Crippen LogP contribution is -2.19. The number of amides is 1. The fourth-order valence-electron chi connectivity index (χ4n) is 3.34. The zero-order valence-electron chi connectivity index (χ0n) is 16.4. The van der Waals surface area contributed by atoms with Crippen molar-refractivity contribution in [3.8, 4) is 0 Å². The summed E-state index contributed by atoms with van der Waals surface area (Å²) in [6.45, 7) is 0.613. The standard InChI is InChI=1S/C24H18Cl2FN3O/c25-21-10-7-17(11-22(21)26)14-30-15-18(20-3-1-2-4-23(20)30)13-28-29-24(31)12-16-5-8-19(27)9-6-16/h1-11,13,15H,12,14H2,(H,29,31)/b28-13+. The van der Waals surface area contributed by atoms with Crippen molar-refractivity contribution in [3.63, 3.8) is 0 Å². The maximum Gasteiger partial charge on any atom is 0.244 e. The first-order valence-corrected chi connectivity index (χ1v) is 10.3. The molecule has 0 saturated carbocycles. The Balaban J connectivity index is 1.50. The zero-order valence-corrected chi connectivity index (χ0v) is 17.9. The van der Waals surface area contributed by atoms with Gasteiger partial charge in [0.25, 0.3) is 0 Å². The SMILES string of the molecule is O=C(Cc1ccc(F)cc1)N/N=C/c1cn(Cc2ccc(Cl)c(Cl)c2)c2ccccc12. The average molecular weight is 454 g/mol. The van der Waals surface area contributed by atoms with E-state index in [4.69, 9.17) is 23.2 Å². The highest BCUT2D eigenvalue weighted by Crippen LogP contribution is 2.25. The van der Waals surface area contributed by atoms with Gasteiger partial charge in [-0.15, -0.1) is 0 Å². The number of hydrogen-bond acceptors (Lipinski definition) is 2. The second kappa shape index (κ2) is 9.33. The van der Waals surface area contributed by atoms with Crippen LogP contribution in [0.25, 0.3) is 10.9 Å². The Bertz CT molecular complexity index is 1270. The van der Waals surface area contributed by atoms with Gasteiger partial charge in [0.15, 0.2) is 0 Å². The van der Waals surface area contributed by atoms with Crippen molar-refractivity contribution in [1.29, 1.82) is 0 Å². The Labute approximate surface area is 188 Å². The van der Waals surface area contributed by atoms with Gasteiger partial charge in [-0.1, -0.05) is 59.6 Å². The maximum atomic E-state index is 13.0. The van der Waals surface area contributed by atoms with Crippen LogP contribution in [0.15, 0.2) is 78.0 Å². The largest absolute Gasteiger partial charge is 0.342 e. The monoisotopic (exact) mass is 453 g/mol. The topological polar surface area (TPSA) is 46.4 Å². The number of hydrogen-bond donors (Lipinski definition) is 1. The summed E-state index contributed by atoms with van der Waals surface area (Å²) >= 11 is 12.2. The molecule has 1 aromatic heterocycles. The lowest BCUT2D eigenvalue weighted by molar-refractivity contribution is -0.120. The van der Waals surface area contributed by atoms with Crippen LogP contribution in [0.2, 0.25) is 10.0 Å². The molecule has 0 radical (unpaired) electrons. The van der Waals surface area contributed by atoms with Gasteiger partial charge < -0.3 is 4.57 Å².